The molecule has 90 valence electrons. The summed E-state index contributed by atoms with van der Waals surface area (Å²) in [5, 5.41) is 7.37. The number of anilines is 1. The molecule has 0 spiro atoms. The second-order valence-electron chi connectivity index (χ2n) is 4.24. The van der Waals surface area contributed by atoms with E-state index in [-0.39, 0.29) is 6.04 Å². The third-order valence-corrected chi connectivity index (χ3v) is 4.22. The van der Waals surface area contributed by atoms with Crippen molar-refractivity contribution in [3.8, 4) is 10.6 Å². The van der Waals surface area contributed by atoms with Gasteiger partial charge in [-0.3, -0.25) is 5.10 Å². The normalized spacial score (nSPS) is 20.1. The predicted octanol–water partition coefficient (Wildman–Crippen LogP) is 2.33. The molecule has 1 aliphatic rings. The summed E-state index contributed by atoms with van der Waals surface area (Å²) < 4.78 is 0.791. The van der Waals surface area contributed by atoms with Gasteiger partial charge in [0, 0.05) is 25.2 Å². The molecule has 0 saturated carbocycles. The number of H-pyrrole nitrogens is 1. The van der Waals surface area contributed by atoms with E-state index in [9.17, 15) is 0 Å². The first-order chi connectivity index (χ1) is 8.22. The Bertz CT molecular complexity index is 521. The Morgan fingerprint density at radius 2 is 2.41 bits per heavy atom. The number of aromatic amines is 1. The first-order valence-electron chi connectivity index (χ1n) is 5.54. The topological polar surface area (TPSA) is 57.9 Å². The van der Waals surface area contributed by atoms with Crippen LogP contribution in [0.4, 0.5) is 5.82 Å². The molecule has 1 fully saturated rings. The Labute approximate surface area is 108 Å². The lowest BCUT2D eigenvalue weighted by atomic mass is 10.3. The lowest BCUT2D eigenvalue weighted by molar-refractivity contribution is 0.751. The number of hydrogen-bond donors (Lipinski definition) is 2. The molecule has 1 aliphatic heterocycles. The minimum atomic E-state index is 0.270. The lowest BCUT2D eigenvalue weighted by Gasteiger charge is -2.13. The van der Waals surface area contributed by atoms with Crippen LogP contribution in [0, 0.1) is 0 Å². The van der Waals surface area contributed by atoms with Gasteiger partial charge in [0.1, 0.15) is 0 Å². The first kappa shape index (κ1) is 11.1. The molecule has 2 aromatic rings. The van der Waals surface area contributed by atoms with Crippen LogP contribution in [0.25, 0.3) is 10.6 Å². The van der Waals surface area contributed by atoms with Gasteiger partial charge in [0.2, 0.25) is 0 Å². The molecule has 3 heterocycles. The van der Waals surface area contributed by atoms with E-state index in [0.29, 0.717) is 0 Å². The Balaban J connectivity index is 1.83. The summed E-state index contributed by atoms with van der Waals surface area (Å²) in [5.74, 6) is 0.970. The Morgan fingerprint density at radius 1 is 1.53 bits per heavy atom. The number of aromatic nitrogens is 2. The predicted molar refractivity (Wildman–Crippen MR) is 71.7 cm³/mol. The molecular formula is C11H13ClN4S. The molecule has 4 nitrogen and oxygen atoms in total. The van der Waals surface area contributed by atoms with Crippen LogP contribution >= 0.6 is 22.9 Å². The molecule has 0 bridgehead atoms. The maximum atomic E-state index is 5.92. The fraction of sp³-hybridized carbons (Fsp3) is 0.364. The fourth-order valence-electron chi connectivity index (χ4n) is 2.05. The number of rotatable bonds is 2. The summed E-state index contributed by atoms with van der Waals surface area (Å²) >= 11 is 7.47. The number of thiophene rings is 1. The van der Waals surface area contributed by atoms with Crippen LogP contribution in [0.15, 0.2) is 18.2 Å². The molecular weight excluding hydrogens is 256 g/mol. The van der Waals surface area contributed by atoms with Crippen molar-refractivity contribution < 1.29 is 0 Å². The lowest BCUT2D eigenvalue weighted by Crippen LogP contribution is -2.26. The largest absolute Gasteiger partial charge is 0.354 e. The quantitative estimate of drug-likeness (QED) is 0.879. The molecule has 1 unspecified atom stereocenters. The number of nitrogens with zero attached hydrogens (tertiary/aromatic N) is 2. The number of nitrogens with one attached hydrogen (secondary N) is 1. The van der Waals surface area contributed by atoms with Crippen LogP contribution in [0.2, 0.25) is 4.34 Å². The van der Waals surface area contributed by atoms with Gasteiger partial charge >= 0.3 is 0 Å². The monoisotopic (exact) mass is 268 g/mol. The smallest absolute Gasteiger partial charge is 0.151 e. The highest BCUT2D eigenvalue weighted by atomic mass is 35.5. The van der Waals surface area contributed by atoms with Crippen molar-refractivity contribution in [2.75, 3.05) is 18.0 Å². The van der Waals surface area contributed by atoms with Gasteiger partial charge in [0.15, 0.2) is 5.82 Å². The maximum absolute atomic E-state index is 5.92. The van der Waals surface area contributed by atoms with Gasteiger partial charge in [-0.2, -0.15) is 5.10 Å². The molecule has 3 N–H and O–H groups in total. The van der Waals surface area contributed by atoms with Gasteiger partial charge in [-0.05, 0) is 18.6 Å². The van der Waals surface area contributed by atoms with E-state index in [1.165, 1.54) is 0 Å². The molecule has 2 aromatic heterocycles. The summed E-state index contributed by atoms with van der Waals surface area (Å²) in [4.78, 5) is 3.32. The zero-order valence-electron chi connectivity index (χ0n) is 9.19. The third kappa shape index (κ3) is 2.18. The van der Waals surface area contributed by atoms with Gasteiger partial charge in [-0.1, -0.05) is 11.6 Å². The van der Waals surface area contributed by atoms with Crippen molar-refractivity contribution in [1.82, 2.24) is 10.2 Å². The van der Waals surface area contributed by atoms with E-state index < -0.39 is 0 Å². The van der Waals surface area contributed by atoms with E-state index in [2.05, 4.69) is 21.2 Å². The fourth-order valence-corrected chi connectivity index (χ4v) is 3.06. The van der Waals surface area contributed by atoms with Crippen molar-refractivity contribution in [3.63, 3.8) is 0 Å². The summed E-state index contributed by atoms with van der Waals surface area (Å²) in [5.41, 5.74) is 6.90. The molecule has 1 saturated heterocycles. The standard InChI is InChI=1S/C11H13ClN4S/c12-10-2-1-9(17-10)8-5-11(15-14-8)16-4-3-7(13)6-16/h1-2,5,7H,3-4,6,13H2,(H,14,15). The van der Waals surface area contributed by atoms with Gasteiger partial charge in [0.25, 0.3) is 0 Å². The molecule has 0 aromatic carbocycles. The Morgan fingerprint density at radius 3 is 3.06 bits per heavy atom. The summed E-state index contributed by atoms with van der Waals surface area (Å²) in [6, 6.07) is 6.22. The molecule has 1 atom stereocenters. The van der Waals surface area contributed by atoms with Gasteiger partial charge < -0.3 is 10.6 Å². The number of hydrogen-bond acceptors (Lipinski definition) is 4. The van der Waals surface area contributed by atoms with E-state index >= 15 is 0 Å². The summed E-state index contributed by atoms with van der Waals surface area (Å²) in [6.45, 7) is 1.87. The Kier molecular flexibility index (Phi) is 2.82. The van der Waals surface area contributed by atoms with Crippen LogP contribution in [-0.4, -0.2) is 29.3 Å². The van der Waals surface area contributed by atoms with Crippen LogP contribution in [0.1, 0.15) is 6.42 Å². The summed E-state index contributed by atoms with van der Waals surface area (Å²) in [7, 11) is 0. The summed E-state index contributed by atoms with van der Waals surface area (Å²) in [6.07, 6.45) is 1.03. The van der Waals surface area contributed by atoms with Crippen molar-refractivity contribution in [2.45, 2.75) is 12.5 Å². The van der Waals surface area contributed by atoms with Gasteiger partial charge in [-0.15, -0.1) is 11.3 Å². The highest BCUT2D eigenvalue weighted by Crippen LogP contribution is 2.31. The zero-order valence-corrected chi connectivity index (χ0v) is 10.8. The van der Waals surface area contributed by atoms with Crippen molar-refractivity contribution in [2.24, 2.45) is 5.73 Å². The Hall–Kier alpha value is -1.04. The molecule has 0 aliphatic carbocycles. The van der Waals surface area contributed by atoms with Gasteiger partial charge in [-0.25, -0.2) is 0 Å². The van der Waals surface area contributed by atoms with Gasteiger partial charge in [0.05, 0.1) is 14.9 Å². The second-order valence-corrected chi connectivity index (χ2v) is 5.95. The maximum Gasteiger partial charge on any atom is 0.151 e. The number of halogens is 1. The highest BCUT2D eigenvalue weighted by molar-refractivity contribution is 7.19. The van der Waals surface area contributed by atoms with Crippen molar-refractivity contribution in [3.05, 3.63) is 22.5 Å². The van der Waals surface area contributed by atoms with Crippen molar-refractivity contribution in [1.29, 1.82) is 0 Å². The third-order valence-electron chi connectivity index (χ3n) is 2.95. The van der Waals surface area contributed by atoms with Crippen molar-refractivity contribution >= 4 is 28.8 Å². The average molecular weight is 269 g/mol. The molecule has 6 heteroatoms. The minimum Gasteiger partial charge on any atom is -0.354 e. The minimum absolute atomic E-state index is 0.270. The zero-order chi connectivity index (χ0) is 11.8. The van der Waals surface area contributed by atoms with Crippen LogP contribution in [0.5, 0.6) is 0 Å². The molecule has 0 radical (unpaired) electrons. The molecule has 17 heavy (non-hydrogen) atoms. The molecule has 0 amide bonds. The van der Waals surface area contributed by atoms with Crippen LogP contribution in [-0.2, 0) is 0 Å². The molecule has 3 rings (SSSR count). The van der Waals surface area contributed by atoms with Crippen LogP contribution < -0.4 is 10.6 Å². The average Bonchev–Trinajstić information content (AvgIpc) is 2.96. The number of nitrogens with two attached hydrogens (primary N) is 1. The first-order valence-corrected chi connectivity index (χ1v) is 6.73. The van der Waals surface area contributed by atoms with E-state index in [1.807, 2.05) is 12.1 Å². The SMILES string of the molecule is NC1CCN(c2cc(-c3ccc(Cl)s3)[nH]n2)C1. The second kappa shape index (κ2) is 4.33. The van der Waals surface area contributed by atoms with E-state index in [1.54, 1.807) is 11.3 Å². The van der Waals surface area contributed by atoms with Crippen LogP contribution in [0.3, 0.4) is 0 Å². The van der Waals surface area contributed by atoms with E-state index in [4.69, 9.17) is 17.3 Å². The van der Waals surface area contributed by atoms with E-state index in [0.717, 1.165) is 40.2 Å². The highest BCUT2D eigenvalue weighted by Gasteiger charge is 2.21.